The predicted octanol–water partition coefficient (Wildman–Crippen LogP) is 1.94. The minimum atomic E-state index is -0.785. The smallest absolute Gasteiger partial charge is 0.165 e. The molecule has 0 aromatic rings. The van der Waals surface area contributed by atoms with Gasteiger partial charge in [0.2, 0.25) is 0 Å². The van der Waals surface area contributed by atoms with Crippen LogP contribution in [0.2, 0.25) is 0 Å². The summed E-state index contributed by atoms with van der Waals surface area (Å²) in [4.78, 5) is 4.66. The van der Waals surface area contributed by atoms with Crippen molar-refractivity contribution >= 4 is 0 Å². The van der Waals surface area contributed by atoms with Crippen LogP contribution in [0.25, 0.3) is 0 Å². The molecule has 0 radical (unpaired) electrons. The monoisotopic (exact) mass is 260 g/mol. The molecule has 1 heterocycles. The normalized spacial score (nSPS) is 35.8. The van der Waals surface area contributed by atoms with Crippen molar-refractivity contribution in [3.05, 3.63) is 0 Å². The lowest BCUT2D eigenvalue weighted by Gasteiger charge is -2.41. The molecule has 1 saturated heterocycles. The highest BCUT2D eigenvalue weighted by Gasteiger charge is 2.43. The Kier molecular flexibility index (Phi) is 4.61. The molecule has 0 bridgehead atoms. The Hall–Kier alpha value is -0.200. The first kappa shape index (κ1) is 14.2. The molecule has 2 atom stereocenters. The van der Waals surface area contributed by atoms with Crippen LogP contribution < -0.4 is 0 Å². The van der Waals surface area contributed by atoms with Gasteiger partial charge in [-0.25, -0.2) is 4.89 Å². The van der Waals surface area contributed by atoms with Crippen molar-refractivity contribution in [1.29, 1.82) is 0 Å². The average Bonchev–Trinajstić information content (AvgIpc) is 2.84. The Morgan fingerprint density at radius 1 is 1.28 bits per heavy atom. The van der Waals surface area contributed by atoms with Crippen molar-refractivity contribution in [3.8, 4) is 0 Å². The molecular formula is C13H24O5. The molecule has 1 saturated carbocycles. The molecule has 18 heavy (non-hydrogen) atoms. The second-order valence-electron chi connectivity index (χ2n) is 5.63. The van der Waals surface area contributed by atoms with E-state index in [-0.39, 0.29) is 12.5 Å². The van der Waals surface area contributed by atoms with Gasteiger partial charge in [-0.15, -0.1) is 0 Å². The van der Waals surface area contributed by atoms with Gasteiger partial charge in [0.1, 0.15) is 5.60 Å². The van der Waals surface area contributed by atoms with Gasteiger partial charge in [0.05, 0.1) is 19.8 Å². The Balaban J connectivity index is 1.93. The Morgan fingerprint density at radius 3 is 2.61 bits per heavy atom. The number of hydrogen-bond donors (Lipinski definition) is 2. The molecule has 0 spiro atoms. The third kappa shape index (κ3) is 2.86. The molecule has 106 valence electrons. The highest BCUT2D eigenvalue weighted by atomic mass is 17.1. The first-order valence-electron chi connectivity index (χ1n) is 6.85. The van der Waals surface area contributed by atoms with Crippen LogP contribution in [-0.4, -0.2) is 41.6 Å². The van der Waals surface area contributed by atoms with Crippen LogP contribution in [0.15, 0.2) is 0 Å². The molecule has 0 aromatic heterocycles. The van der Waals surface area contributed by atoms with Gasteiger partial charge in [-0.1, -0.05) is 12.8 Å². The van der Waals surface area contributed by atoms with E-state index in [2.05, 4.69) is 4.89 Å². The van der Waals surface area contributed by atoms with Gasteiger partial charge in [0, 0.05) is 6.42 Å². The second-order valence-corrected chi connectivity index (χ2v) is 5.63. The van der Waals surface area contributed by atoms with E-state index in [4.69, 9.17) is 14.7 Å². The zero-order valence-electron chi connectivity index (χ0n) is 11.1. The zero-order chi connectivity index (χ0) is 13.1. The largest absolute Gasteiger partial charge is 0.393 e. The van der Waals surface area contributed by atoms with Crippen LogP contribution in [-0.2, 0) is 14.4 Å². The lowest BCUT2D eigenvalue weighted by molar-refractivity contribution is -0.353. The van der Waals surface area contributed by atoms with Crippen molar-refractivity contribution in [2.24, 2.45) is 5.92 Å². The summed E-state index contributed by atoms with van der Waals surface area (Å²) < 4.78 is 11.2. The van der Waals surface area contributed by atoms with E-state index < -0.39 is 11.4 Å². The molecule has 0 aromatic carbocycles. The van der Waals surface area contributed by atoms with Crippen LogP contribution in [0.1, 0.15) is 45.4 Å². The molecule has 1 aliphatic heterocycles. The maximum Gasteiger partial charge on any atom is 0.165 e. The van der Waals surface area contributed by atoms with E-state index in [1.54, 1.807) is 0 Å². The summed E-state index contributed by atoms with van der Waals surface area (Å²) in [5.74, 6) is -0.348. The van der Waals surface area contributed by atoms with Crippen LogP contribution in [0.4, 0.5) is 0 Å². The first-order chi connectivity index (χ1) is 8.64. The summed E-state index contributed by atoms with van der Waals surface area (Å²) in [6.07, 6.45) is 5.39. The van der Waals surface area contributed by atoms with Crippen LogP contribution in [0.5, 0.6) is 0 Å². The minimum Gasteiger partial charge on any atom is -0.393 e. The third-order valence-electron chi connectivity index (χ3n) is 4.44. The van der Waals surface area contributed by atoms with Crippen LogP contribution in [0.3, 0.4) is 0 Å². The van der Waals surface area contributed by atoms with Crippen molar-refractivity contribution in [3.63, 3.8) is 0 Å². The molecule has 2 unspecified atom stereocenters. The maximum absolute atomic E-state index is 9.52. The van der Waals surface area contributed by atoms with Gasteiger partial charge < -0.3 is 14.6 Å². The SMILES string of the molecule is CC1(CCC2CCCCC2(CO)OO)OCCO1. The van der Waals surface area contributed by atoms with Gasteiger partial charge >= 0.3 is 0 Å². The molecule has 2 rings (SSSR count). The second kappa shape index (κ2) is 5.84. The zero-order valence-corrected chi connectivity index (χ0v) is 11.1. The van der Waals surface area contributed by atoms with E-state index in [1.165, 1.54) is 0 Å². The van der Waals surface area contributed by atoms with E-state index in [9.17, 15) is 5.11 Å². The van der Waals surface area contributed by atoms with Crippen molar-refractivity contribution in [1.82, 2.24) is 0 Å². The number of aliphatic hydroxyl groups is 1. The molecule has 2 aliphatic rings. The molecule has 2 N–H and O–H groups in total. The first-order valence-corrected chi connectivity index (χ1v) is 6.85. The maximum atomic E-state index is 9.52. The Bertz CT molecular complexity index is 258. The average molecular weight is 260 g/mol. The van der Waals surface area contributed by atoms with Crippen LogP contribution in [0, 0.1) is 5.92 Å². The lowest BCUT2D eigenvalue weighted by Crippen LogP contribution is -2.46. The minimum absolute atomic E-state index is 0.132. The highest BCUT2D eigenvalue weighted by molar-refractivity contribution is 4.91. The van der Waals surface area contributed by atoms with Gasteiger partial charge in [-0.05, 0) is 32.1 Å². The van der Waals surface area contributed by atoms with E-state index in [0.717, 1.165) is 32.1 Å². The Morgan fingerprint density at radius 2 is 2.00 bits per heavy atom. The summed E-state index contributed by atoms with van der Waals surface area (Å²) in [6, 6.07) is 0. The predicted molar refractivity (Wildman–Crippen MR) is 65.0 cm³/mol. The number of aliphatic hydroxyl groups excluding tert-OH is 1. The lowest BCUT2D eigenvalue weighted by atomic mass is 9.73. The number of rotatable bonds is 5. The fourth-order valence-electron chi connectivity index (χ4n) is 3.18. The summed E-state index contributed by atoms with van der Waals surface area (Å²) >= 11 is 0. The van der Waals surface area contributed by atoms with Gasteiger partial charge in [0.15, 0.2) is 5.79 Å². The molecular weight excluding hydrogens is 236 g/mol. The van der Waals surface area contributed by atoms with E-state index in [0.29, 0.717) is 19.6 Å². The third-order valence-corrected chi connectivity index (χ3v) is 4.44. The topological polar surface area (TPSA) is 68.2 Å². The van der Waals surface area contributed by atoms with Crippen molar-refractivity contribution in [2.45, 2.75) is 56.8 Å². The summed E-state index contributed by atoms with van der Waals surface area (Å²) in [6.45, 7) is 3.10. The standard InChI is InChI=1S/C13H24O5/c1-12(16-8-9-17-12)7-5-11-4-2-3-6-13(11,10-14)18-15/h11,14-15H,2-10H2,1H3. The summed E-state index contributed by atoms with van der Waals surface area (Å²) in [5.41, 5.74) is -0.785. The van der Waals surface area contributed by atoms with Gasteiger partial charge in [0.25, 0.3) is 0 Å². The molecule has 1 aliphatic carbocycles. The van der Waals surface area contributed by atoms with E-state index >= 15 is 0 Å². The Labute approximate surface area is 108 Å². The fourth-order valence-corrected chi connectivity index (χ4v) is 3.18. The van der Waals surface area contributed by atoms with Gasteiger partial charge in [-0.2, -0.15) is 0 Å². The quantitative estimate of drug-likeness (QED) is 0.584. The number of ether oxygens (including phenoxy) is 2. The molecule has 0 amide bonds. The van der Waals surface area contributed by atoms with Crippen molar-refractivity contribution in [2.75, 3.05) is 19.8 Å². The summed E-state index contributed by atoms with van der Waals surface area (Å²) in [5, 5.41) is 18.7. The molecule has 2 fully saturated rings. The molecule has 5 nitrogen and oxygen atoms in total. The number of hydrogen-bond acceptors (Lipinski definition) is 5. The van der Waals surface area contributed by atoms with Gasteiger partial charge in [-0.3, -0.25) is 5.26 Å². The summed E-state index contributed by atoms with van der Waals surface area (Å²) in [7, 11) is 0. The van der Waals surface area contributed by atoms with Crippen LogP contribution >= 0.6 is 0 Å². The van der Waals surface area contributed by atoms with E-state index in [1.807, 2.05) is 6.92 Å². The highest BCUT2D eigenvalue weighted by Crippen LogP contribution is 2.40. The fraction of sp³-hybridized carbons (Fsp3) is 1.00. The van der Waals surface area contributed by atoms with Crippen molar-refractivity contribution < 1.29 is 24.7 Å². The molecule has 5 heteroatoms.